The van der Waals surface area contributed by atoms with E-state index in [1.807, 2.05) is 0 Å². The molecule has 0 aromatic carbocycles. The Morgan fingerprint density at radius 3 is 2.94 bits per heavy atom. The Balaban J connectivity index is 2.44. The van der Waals surface area contributed by atoms with Gasteiger partial charge < -0.3 is 20.1 Å². The lowest BCUT2D eigenvalue weighted by Gasteiger charge is -2.28. The highest BCUT2D eigenvalue weighted by molar-refractivity contribution is 5.79. The molecule has 1 unspecified atom stereocenters. The summed E-state index contributed by atoms with van der Waals surface area (Å²) in [5.41, 5.74) is 5.50. The zero-order valence-electron chi connectivity index (χ0n) is 9.98. The molecule has 5 heteroatoms. The number of carbonyl (C=O) groups excluding carboxylic acids is 1. The Morgan fingerprint density at radius 2 is 2.38 bits per heavy atom. The van der Waals surface area contributed by atoms with Crippen molar-refractivity contribution in [3.63, 3.8) is 0 Å². The van der Waals surface area contributed by atoms with Crippen LogP contribution in [0.3, 0.4) is 0 Å². The second-order valence-corrected chi connectivity index (χ2v) is 4.02. The van der Waals surface area contributed by atoms with Gasteiger partial charge >= 0.3 is 0 Å². The molecule has 16 heavy (non-hydrogen) atoms. The number of carbonyl (C=O) groups is 1. The normalized spacial score (nSPS) is 20.8. The third-order valence-electron chi connectivity index (χ3n) is 2.79. The molecule has 1 aliphatic heterocycles. The van der Waals surface area contributed by atoms with Crippen molar-refractivity contribution >= 4 is 5.91 Å². The zero-order valence-corrected chi connectivity index (χ0v) is 9.98. The third-order valence-corrected chi connectivity index (χ3v) is 2.79. The van der Waals surface area contributed by atoms with Gasteiger partial charge in [-0.15, -0.1) is 0 Å². The Morgan fingerprint density at radius 1 is 1.56 bits per heavy atom. The van der Waals surface area contributed by atoms with E-state index in [0.29, 0.717) is 32.8 Å². The molecule has 0 saturated carbocycles. The summed E-state index contributed by atoms with van der Waals surface area (Å²) in [7, 11) is 1.63. The number of ether oxygens (including phenoxy) is 2. The van der Waals surface area contributed by atoms with E-state index in [9.17, 15) is 4.79 Å². The van der Waals surface area contributed by atoms with Crippen molar-refractivity contribution in [2.24, 2.45) is 11.7 Å². The number of nitrogens with two attached hydrogens (primary N) is 1. The molecule has 0 aliphatic carbocycles. The van der Waals surface area contributed by atoms with Gasteiger partial charge in [-0.25, -0.2) is 0 Å². The number of amides is 1. The molecule has 1 rings (SSSR count). The summed E-state index contributed by atoms with van der Waals surface area (Å²) >= 11 is 0. The molecule has 0 aromatic heterocycles. The van der Waals surface area contributed by atoms with Crippen LogP contribution in [0.2, 0.25) is 0 Å². The first kappa shape index (κ1) is 13.4. The lowest BCUT2D eigenvalue weighted by molar-refractivity contribution is -0.140. The molecule has 0 spiro atoms. The molecule has 1 saturated heterocycles. The average Bonchev–Trinajstić information content (AvgIpc) is 2.35. The van der Waals surface area contributed by atoms with E-state index >= 15 is 0 Å². The number of rotatable bonds is 6. The van der Waals surface area contributed by atoms with Gasteiger partial charge in [0.1, 0.15) is 0 Å². The van der Waals surface area contributed by atoms with Crippen LogP contribution in [-0.4, -0.2) is 57.4 Å². The van der Waals surface area contributed by atoms with Crippen LogP contribution in [-0.2, 0) is 14.3 Å². The van der Waals surface area contributed by atoms with Crippen LogP contribution in [0, 0.1) is 5.92 Å². The van der Waals surface area contributed by atoms with Crippen molar-refractivity contribution in [3.8, 4) is 0 Å². The Hall–Kier alpha value is -0.650. The monoisotopic (exact) mass is 230 g/mol. The number of nitrogens with zero attached hydrogens (tertiary/aromatic N) is 1. The quantitative estimate of drug-likeness (QED) is 0.689. The van der Waals surface area contributed by atoms with Crippen molar-refractivity contribution in [3.05, 3.63) is 0 Å². The highest BCUT2D eigenvalue weighted by Gasteiger charge is 2.25. The number of hydrogen-bond acceptors (Lipinski definition) is 4. The standard InChI is InChI=1S/C11H22N2O3/c1-15-8-6-13(5-4-12)11(14)10-3-2-7-16-9-10/h10H,2-9,12H2,1H3. The Bertz CT molecular complexity index is 205. The summed E-state index contributed by atoms with van der Waals surface area (Å²) in [6, 6.07) is 0. The maximum absolute atomic E-state index is 12.1. The maximum Gasteiger partial charge on any atom is 0.228 e. The van der Waals surface area contributed by atoms with Gasteiger partial charge in [0.25, 0.3) is 0 Å². The second kappa shape index (κ2) is 7.60. The van der Waals surface area contributed by atoms with E-state index in [1.165, 1.54) is 0 Å². The van der Waals surface area contributed by atoms with Crippen molar-refractivity contribution in [2.45, 2.75) is 12.8 Å². The first-order chi connectivity index (χ1) is 7.79. The van der Waals surface area contributed by atoms with Gasteiger partial charge in [0, 0.05) is 33.4 Å². The molecular formula is C11H22N2O3. The van der Waals surface area contributed by atoms with E-state index in [-0.39, 0.29) is 11.8 Å². The second-order valence-electron chi connectivity index (χ2n) is 4.02. The van der Waals surface area contributed by atoms with Crippen LogP contribution in [0.5, 0.6) is 0 Å². The van der Waals surface area contributed by atoms with E-state index in [0.717, 1.165) is 19.4 Å². The lowest BCUT2D eigenvalue weighted by Crippen LogP contribution is -2.43. The molecule has 0 bridgehead atoms. The Kier molecular flexibility index (Phi) is 6.37. The van der Waals surface area contributed by atoms with Gasteiger partial charge in [0.15, 0.2) is 0 Å². The molecule has 5 nitrogen and oxygen atoms in total. The van der Waals surface area contributed by atoms with Crippen LogP contribution in [0.25, 0.3) is 0 Å². The first-order valence-electron chi connectivity index (χ1n) is 5.85. The highest BCUT2D eigenvalue weighted by Crippen LogP contribution is 2.16. The molecule has 1 fully saturated rings. The third kappa shape index (κ3) is 4.08. The fourth-order valence-electron chi connectivity index (χ4n) is 1.88. The highest BCUT2D eigenvalue weighted by atomic mass is 16.5. The molecule has 0 radical (unpaired) electrons. The maximum atomic E-state index is 12.1. The van der Waals surface area contributed by atoms with Crippen LogP contribution in [0.1, 0.15) is 12.8 Å². The summed E-state index contributed by atoms with van der Waals surface area (Å²) in [5.74, 6) is 0.166. The molecule has 2 N–H and O–H groups in total. The van der Waals surface area contributed by atoms with Crippen molar-refractivity contribution in [2.75, 3.05) is 46.6 Å². The van der Waals surface area contributed by atoms with E-state index < -0.39 is 0 Å². The SMILES string of the molecule is COCCN(CCN)C(=O)C1CCCOC1. The van der Waals surface area contributed by atoms with Gasteiger partial charge in [0.05, 0.1) is 19.1 Å². The van der Waals surface area contributed by atoms with Crippen LogP contribution < -0.4 is 5.73 Å². The molecule has 1 atom stereocenters. The minimum atomic E-state index is 0.0113. The summed E-state index contributed by atoms with van der Waals surface area (Å²) in [6.45, 7) is 3.58. The van der Waals surface area contributed by atoms with Gasteiger partial charge in [-0.05, 0) is 12.8 Å². The van der Waals surface area contributed by atoms with E-state index in [2.05, 4.69) is 0 Å². The average molecular weight is 230 g/mol. The predicted molar refractivity (Wildman–Crippen MR) is 61.1 cm³/mol. The molecule has 94 valence electrons. The molecular weight excluding hydrogens is 208 g/mol. The molecule has 1 aliphatic rings. The van der Waals surface area contributed by atoms with Crippen molar-refractivity contribution in [1.29, 1.82) is 0 Å². The number of methoxy groups -OCH3 is 1. The van der Waals surface area contributed by atoms with Gasteiger partial charge in [-0.1, -0.05) is 0 Å². The van der Waals surface area contributed by atoms with Gasteiger partial charge in [-0.3, -0.25) is 4.79 Å². The van der Waals surface area contributed by atoms with Crippen LogP contribution in [0.15, 0.2) is 0 Å². The lowest BCUT2D eigenvalue weighted by atomic mass is 10.0. The minimum Gasteiger partial charge on any atom is -0.383 e. The van der Waals surface area contributed by atoms with Crippen molar-refractivity contribution in [1.82, 2.24) is 4.90 Å². The Labute approximate surface area is 96.9 Å². The van der Waals surface area contributed by atoms with E-state index in [4.69, 9.17) is 15.2 Å². The zero-order chi connectivity index (χ0) is 11.8. The predicted octanol–water partition coefficient (Wildman–Crippen LogP) is -0.153. The van der Waals surface area contributed by atoms with E-state index in [1.54, 1.807) is 12.0 Å². The topological polar surface area (TPSA) is 64.8 Å². The smallest absolute Gasteiger partial charge is 0.228 e. The molecule has 0 aromatic rings. The summed E-state index contributed by atoms with van der Waals surface area (Å²) in [5, 5.41) is 0. The van der Waals surface area contributed by atoms with Crippen molar-refractivity contribution < 1.29 is 14.3 Å². The fourth-order valence-corrected chi connectivity index (χ4v) is 1.88. The molecule has 1 heterocycles. The summed E-state index contributed by atoms with van der Waals surface area (Å²) in [4.78, 5) is 13.9. The summed E-state index contributed by atoms with van der Waals surface area (Å²) < 4.78 is 10.3. The van der Waals surface area contributed by atoms with Crippen LogP contribution >= 0.6 is 0 Å². The van der Waals surface area contributed by atoms with Gasteiger partial charge in [0.2, 0.25) is 5.91 Å². The molecule has 1 amide bonds. The summed E-state index contributed by atoms with van der Waals surface area (Å²) in [6.07, 6.45) is 1.89. The van der Waals surface area contributed by atoms with Gasteiger partial charge in [-0.2, -0.15) is 0 Å². The largest absolute Gasteiger partial charge is 0.383 e. The van der Waals surface area contributed by atoms with Crippen LogP contribution in [0.4, 0.5) is 0 Å². The number of hydrogen-bond donors (Lipinski definition) is 1. The fraction of sp³-hybridized carbons (Fsp3) is 0.909. The first-order valence-corrected chi connectivity index (χ1v) is 5.85. The minimum absolute atomic E-state index is 0.0113.